The molecule has 9 heteroatoms. The summed E-state index contributed by atoms with van der Waals surface area (Å²) in [6, 6.07) is 18.1. The van der Waals surface area contributed by atoms with Crippen molar-refractivity contribution >= 4 is 23.5 Å². The Morgan fingerprint density at radius 2 is 1.50 bits per heavy atom. The molecule has 2 aromatic carbocycles. The summed E-state index contributed by atoms with van der Waals surface area (Å²) in [4.78, 5) is 42.6. The van der Waals surface area contributed by atoms with Crippen LogP contribution in [0.4, 0.5) is 5.82 Å². The summed E-state index contributed by atoms with van der Waals surface area (Å²) in [7, 11) is 1.63. The van der Waals surface area contributed by atoms with Gasteiger partial charge in [-0.15, -0.1) is 10.2 Å². The number of carbonyl (C=O) groups excluding carboxylic acids is 3. The fraction of sp³-hybridized carbons (Fsp3) is 0.240. The van der Waals surface area contributed by atoms with E-state index in [1.165, 1.54) is 0 Å². The molecule has 1 aromatic heterocycles. The maximum Gasteiger partial charge on any atom is 0.262 e. The molecule has 172 valence electrons. The molecule has 0 saturated carbocycles. The zero-order chi connectivity index (χ0) is 23.7. The summed E-state index contributed by atoms with van der Waals surface area (Å²) >= 11 is 0. The number of hydrogen-bond acceptors (Lipinski definition) is 7. The lowest BCUT2D eigenvalue weighted by Crippen LogP contribution is -2.52. The Bertz CT molecular complexity index is 1200. The molecule has 0 radical (unpaired) electrons. The van der Waals surface area contributed by atoms with Crippen LogP contribution in [0.3, 0.4) is 0 Å². The van der Waals surface area contributed by atoms with Gasteiger partial charge in [0.05, 0.1) is 23.9 Å². The Labute approximate surface area is 196 Å². The largest absolute Gasteiger partial charge is 0.497 e. The zero-order valence-corrected chi connectivity index (χ0v) is 18.7. The Kier molecular flexibility index (Phi) is 5.67. The number of anilines is 1. The molecule has 3 aromatic rings. The molecule has 0 spiro atoms. The second-order valence-electron chi connectivity index (χ2n) is 8.12. The Hall–Kier alpha value is -4.27. The number of ether oxygens (including phenoxy) is 1. The van der Waals surface area contributed by atoms with E-state index in [2.05, 4.69) is 15.1 Å². The van der Waals surface area contributed by atoms with E-state index in [0.29, 0.717) is 37.3 Å². The van der Waals surface area contributed by atoms with Gasteiger partial charge >= 0.3 is 0 Å². The summed E-state index contributed by atoms with van der Waals surface area (Å²) < 4.78 is 5.18. The molecular weight excluding hydrogens is 434 g/mol. The number of nitrogens with zero attached hydrogens (tertiary/aromatic N) is 5. The minimum Gasteiger partial charge on any atom is -0.497 e. The van der Waals surface area contributed by atoms with Crippen molar-refractivity contribution in [3.63, 3.8) is 0 Å². The van der Waals surface area contributed by atoms with Crippen LogP contribution in [-0.4, -0.2) is 77.6 Å². The van der Waals surface area contributed by atoms with Crippen LogP contribution in [0.2, 0.25) is 0 Å². The van der Waals surface area contributed by atoms with E-state index >= 15 is 0 Å². The molecule has 1 fully saturated rings. The van der Waals surface area contributed by atoms with Crippen LogP contribution in [0.25, 0.3) is 11.3 Å². The van der Waals surface area contributed by atoms with Gasteiger partial charge in [0.15, 0.2) is 5.82 Å². The SMILES string of the molecule is COc1ccc(-c2ccc(N3CCN(C(=O)CN4C(=O)c5ccccc5C4=O)CC3)nn2)cc1. The van der Waals surface area contributed by atoms with E-state index < -0.39 is 11.8 Å². The number of amides is 3. The minimum absolute atomic E-state index is 0.241. The van der Waals surface area contributed by atoms with Crippen LogP contribution in [0.5, 0.6) is 5.75 Å². The van der Waals surface area contributed by atoms with Gasteiger partial charge < -0.3 is 14.5 Å². The first-order chi connectivity index (χ1) is 16.5. The van der Waals surface area contributed by atoms with E-state index in [-0.39, 0.29) is 12.5 Å². The summed E-state index contributed by atoms with van der Waals surface area (Å²) in [5.41, 5.74) is 2.41. The lowest BCUT2D eigenvalue weighted by molar-refractivity contribution is -0.131. The van der Waals surface area contributed by atoms with E-state index in [4.69, 9.17) is 4.74 Å². The number of piperazine rings is 1. The highest BCUT2D eigenvalue weighted by molar-refractivity contribution is 6.22. The van der Waals surface area contributed by atoms with Crippen molar-refractivity contribution < 1.29 is 19.1 Å². The molecule has 34 heavy (non-hydrogen) atoms. The zero-order valence-electron chi connectivity index (χ0n) is 18.7. The number of aromatic nitrogens is 2. The molecule has 5 rings (SSSR count). The third kappa shape index (κ3) is 3.96. The van der Waals surface area contributed by atoms with Crippen LogP contribution < -0.4 is 9.64 Å². The summed E-state index contributed by atoms with van der Waals surface area (Å²) in [6.45, 7) is 1.88. The minimum atomic E-state index is -0.417. The maximum absolute atomic E-state index is 12.8. The van der Waals surface area contributed by atoms with Crippen LogP contribution in [0.15, 0.2) is 60.7 Å². The van der Waals surface area contributed by atoms with Crippen molar-refractivity contribution in [2.75, 3.05) is 44.7 Å². The molecule has 1 saturated heterocycles. The molecule has 3 amide bonds. The van der Waals surface area contributed by atoms with Gasteiger partial charge in [-0.2, -0.15) is 0 Å². The van der Waals surface area contributed by atoms with Crippen molar-refractivity contribution in [1.82, 2.24) is 20.0 Å². The second kappa shape index (κ2) is 8.93. The second-order valence-corrected chi connectivity index (χ2v) is 8.12. The third-order valence-electron chi connectivity index (χ3n) is 6.16. The number of carbonyl (C=O) groups is 3. The highest BCUT2D eigenvalue weighted by Gasteiger charge is 2.37. The summed E-state index contributed by atoms with van der Waals surface area (Å²) in [6.07, 6.45) is 0. The molecule has 2 aliphatic rings. The van der Waals surface area contributed by atoms with Crippen molar-refractivity contribution in [2.24, 2.45) is 0 Å². The highest BCUT2D eigenvalue weighted by atomic mass is 16.5. The first-order valence-corrected chi connectivity index (χ1v) is 11.0. The van der Waals surface area contributed by atoms with Crippen molar-refractivity contribution in [3.8, 4) is 17.0 Å². The molecule has 9 nitrogen and oxygen atoms in total. The fourth-order valence-electron chi connectivity index (χ4n) is 4.21. The molecule has 2 aliphatic heterocycles. The smallest absolute Gasteiger partial charge is 0.262 e. The van der Waals surface area contributed by atoms with Crippen molar-refractivity contribution in [3.05, 3.63) is 71.8 Å². The van der Waals surface area contributed by atoms with Crippen LogP contribution in [0, 0.1) is 0 Å². The monoisotopic (exact) mass is 457 g/mol. The summed E-state index contributed by atoms with van der Waals surface area (Å²) in [5.74, 6) is 0.447. The quantitative estimate of drug-likeness (QED) is 0.542. The summed E-state index contributed by atoms with van der Waals surface area (Å²) in [5, 5.41) is 8.70. The van der Waals surface area contributed by atoms with Crippen LogP contribution in [0.1, 0.15) is 20.7 Å². The molecule has 0 unspecified atom stereocenters. The van der Waals surface area contributed by atoms with E-state index in [1.807, 2.05) is 36.4 Å². The molecule has 0 aliphatic carbocycles. The number of hydrogen-bond donors (Lipinski definition) is 0. The van der Waals surface area contributed by atoms with Gasteiger partial charge in [0.2, 0.25) is 5.91 Å². The van der Waals surface area contributed by atoms with E-state index in [0.717, 1.165) is 27.7 Å². The van der Waals surface area contributed by atoms with Gasteiger partial charge in [-0.05, 0) is 48.5 Å². The van der Waals surface area contributed by atoms with E-state index in [9.17, 15) is 14.4 Å². The fourth-order valence-corrected chi connectivity index (χ4v) is 4.21. The predicted octanol–water partition coefficient (Wildman–Crippen LogP) is 2.10. The topological polar surface area (TPSA) is 95.9 Å². The maximum atomic E-state index is 12.8. The standard InChI is InChI=1S/C25H23N5O4/c1-34-18-8-6-17(7-9-18)21-10-11-22(27-26-21)28-12-14-29(15-13-28)23(31)16-30-24(32)19-4-2-3-5-20(19)25(30)33/h2-11H,12-16H2,1H3. The molecule has 3 heterocycles. The van der Waals surface area contributed by atoms with Crippen molar-refractivity contribution in [1.29, 1.82) is 0 Å². The predicted molar refractivity (Wildman–Crippen MR) is 125 cm³/mol. The first-order valence-electron chi connectivity index (χ1n) is 11.0. The number of rotatable bonds is 5. The van der Waals surface area contributed by atoms with Gasteiger partial charge in [0.1, 0.15) is 12.3 Å². The van der Waals surface area contributed by atoms with Crippen LogP contribution >= 0.6 is 0 Å². The highest BCUT2D eigenvalue weighted by Crippen LogP contribution is 2.24. The average molecular weight is 457 g/mol. The lowest BCUT2D eigenvalue weighted by Gasteiger charge is -2.35. The van der Waals surface area contributed by atoms with Gasteiger partial charge in [-0.3, -0.25) is 19.3 Å². The van der Waals surface area contributed by atoms with Gasteiger partial charge in [0, 0.05) is 31.7 Å². The molecule has 0 atom stereocenters. The van der Waals surface area contributed by atoms with Crippen LogP contribution in [-0.2, 0) is 4.79 Å². The Morgan fingerprint density at radius 3 is 2.06 bits per heavy atom. The van der Waals surface area contributed by atoms with Gasteiger partial charge in [-0.1, -0.05) is 12.1 Å². The first kappa shape index (κ1) is 21.6. The number of imide groups is 1. The average Bonchev–Trinajstić information content (AvgIpc) is 3.14. The van der Waals surface area contributed by atoms with E-state index in [1.54, 1.807) is 36.3 Å². The number of methoxy groups -OCH3 is 1. The Balaban J connectivity index is 1.17. The normalized spacial score (nSPS) is 15.5. The molecule has 0 bridgehead atoms. The molecule has 0 N–H and O–H groups in total. The molecular formula is C25H23N5O4. The number of fused-ring (bicyclic) bond motifs is 1. The van der Waals surface area contributed by atoms with Gasteiger partial charge in [-0.25, -0.2) is 0 Å². The lowest BCUT2D eigenvalue weighted by atomic mass is 10.1. The van der Waals surface area contributed by atoms with Crippen molar-refractivity contribution in [2.45, 2.75) is 0 Å². The van der Waals surface area contributed by atoms with Gasteiger partial charge in [0.25, 0.3) is 11.8 Å². The number of benzene rings is 2. The third-order valence-corrected chi connectivity index (χ3v) is 6.16. The Morgan fingerprint density at radius 1 is 0.853 bits per heavy atom.